The van der Waals surface area contributed by atoms with Crippen molar-refractivity contribution in [3.8, 4) is 5.75 Å². The van der Waals surface area contributed by atoms with Crippen LogP contribution in [0.15, 0.2) is 18.2 Å². The fourth-order valence-electron chi connectivity index (χ4n) is 1.28. The van der Waals surface area contributed by atoms with Crippen LogP contribution in [0.4, 0.5) is 0 Å². The molecule has 84 valence electrons. The van der Waals surface area contributed by atoms with Crippen LogP contribution in [0, 0.1) is 0 Å². The minimum absolute atomic E-state index is 0.471. The van der Waals surface area contributed by atoms with Crippen molar-refractivity contribution in [2.24, 2.45) is 5.73 Å². The smallest absolute Gasteiger partial charge is 0.137 e. The van der Waals surface area contributed by atoms with E-state index in [-0.39, 0.29) is 0 Å². The second-order valence-corrected chi connectivity index (χ2v) is 4.43. The van der Waals surface area contributed by atoms with E-state index in [0.717, 1.165) is 5.56 Å². The molecule has 0 heterocycles. The number of nitrogens with two attached hydrogens (primary N) is 1. The van der Waals surface area contributed by atoms with Crippen molar-refractivity contribution in [1.82, 2.24) is 0 Å². The first-order valence-electron chi connectivity index (χ1n) is 4.67. The summed E-state index contributed by atoms with van der Waals surface area (Å²) in [4.78, 5) is 0. The first kappa shape index (κ1) is 12.3. The third-order valence-corrected chi connectivity index (χ3v) is 2.59. The Hall–Kier alpha value is -0.770. The lowest BCUT2D eigenvalue weighted by molar-refractivity contribution is 0.0517. The highest BCUT2D eigenvalue weighted by atomic mass is 35.5. The van der Waals surface area contributed by atoms with Crippen molar-refractivity contribution in [1.29, 1.82) is 0 Å². The van der Waals surface area contributed by atoms with Gasteiger partial charge in [0.05, 0.1) is 23.8 Å². The number of benzene rings is 1. The Morgan fingerprint density at radius 2 is 2.07 bits per heavy atom. The van der Waals surface area contributed by atoms with Gasteiger partial charge in [0.25, 0.3) is 0 Å². The summed E-state index contributed by atoms with van der Waals surface area (Å²) in [5.41, 5.74) is 5.69. The summed E-state index contributed by atoms with van der Waals surface area (Å²) < 4.78 is 5.03. The van der Waals surface area contributed by atoms with Crippen LogP contribution in [0.5, 0.6) is 5.75 Å². The second kappa shape index (κ2) is 4.39. The Kier molecular flexibility index (Phi) is 3.60. The number of ether oxygens (including phenoxy) is 1. The van der Waals surface area contributed by atoms with Crippen LogP contribution >= 0.6 is 11.6 Å². The standard InChI is InChI=1S/C11H16ClNO2/c1-11(2,14)10(13)7-4-5-9(15-3)8(12)6-7/h4-6,10,14H,13H2,1-3H3. The van der Waals surface area contributed by atoms with E-state index in [1.54, 1.807) is 39.2 Å². The number of rotatable bonds is 3. The van der Waals surface area contributed by atoms with E-state index in [0.29, 0.717) is 10.8 Å². The predicted molar refractivity (Wildman–Crippen MR) is 61.2 cm³/mol. The second-order valence-electron chi connectivity index (χ2n) is 4.03. The molecule has 0 aliphatic rings. The molecular formula is C11H16ClNO2. The van der Waals surface area contributed by atoms with Crippen molar-refractivity contribution in [3.63, 3.8) is 0 Å². The van der Waals surface area contributed by atoms with E-state index in [2.05, 4.69) is 0 Å². The molecule has 0 saturated carbocycles. The molecule has 1 unspecified atom stereocenters. The maximum atomic E-state index is 9.76. The number of aliphatic hydroxyl groups is 1. The first-order valence-corrected chi connectivity index (χ1v) is 5.05. The fraction of sp³-hybridized carbons (Fsp3) is 0.455. The summed E-state index contributed by atoms with van der Waals surface area (Å²) in [6.07, 6.45) is 0. The van der Waals surface area contributed by atoms with Crippen molar-refractivity contribution >= 4 is 11.6 Å². The molecular weight excluding hydrogens is 214 g/mol. The Bertz CT molecular complexity index is 347. The van der Waals surface area contributed by atoms with Crippen molar-refractivity contribution in [2.45, 2.75) is 25.5 Å². The average molecular weight is 230 g/mol. The molecule has 1 aromatic rings. The molecule has 3 nitrogen and oxygen atoms in total. The zero-order chi connectivity index (χ0) is 11.6. The van der Waals surface area contributed by atoms with Crippen molar-refractivity contribution in [2.75, 3.05) is 7.11 Å². The monoisotopic (exact) mass is 229 g/mol. The van der Waals surface area contributed by atoms with E-state index in [4.69, 9.17) is 22.1 Å². The maximum Gasteiger partial charge on any atom is 0.137 e. The number of hydrogen-bond donors (Lipinski definition) is 2. The van der Waals surface area contributed by atoms with Crippen LogP contribution in [0.2, 0.25) is 5.02 Å². The van der Waals surface area contributed by atoms with Gasteiger partial charge in [0.15, 0.2) is 0 Å². The van der Waals surface area contributed by atoms with Gasteiger partial charge in [-0.1, -0.05) is 17.7 Å². The molecule has 1 aromatic carbocycles. The molecule has 0 fully saturated rings. The van der Waals surface area contributed by atoms with Gasteiger partial charge >= 0.3 is 0 Å². The van der Waals surface area contributed by atoms with E-state index in [9.17, 15) is 5.11 Å². The summed E-state index contributed by atoms with van der Waals surface area (Å²) >= 11 is 5.96. The minimum atomic E-state index is -0.974. The summed E-state index contributed by atoms with van der Waals surface area (Å²) in [6, 6.07) is 4.78. The first-order chi connectivity index (χ1) is 6.86. The Morgan fingerprint density at radius 1 is 1.47 bits per heavy atom. The molecule has 0 saturated heterocycles. The molecule has 3 N–H and O–H groups in total. The summed E-state index contributed by atoms with van der Waals surface area (Å²) in [5, 5.41) is 10.3. The van der Waals surface area contributed by atoms with E-state index < -0.39 is 11.6 Å². The van der Waals surface area contributed by atoms with Gasteiger partial charge in [-0.2, -0.15) is 0 Å². The normalized spacial score (nSPS) is 13.7. The lowest BCUT2D eigenvalue weighted by atomic mass is 9.93. The predicted octanol–water partition coefficient (Wildman–Crippen LogP) is 2.12. The average Bonchev–Trinajstić information content (AvgIpc) is 2.15. The zero-order valence-corrected chi connectivity index (χ0v) is 9.88. The maximum absolute atomic E-state index is 9.76. The van der Waals surface area contributed by atoms with Crippen molar-refractivity contribution < 1.29 is 9.84 Å². The SMILES string of the molecule is COc1ccc(C(N)C(C)(C)O)cc1Cl. The summed E-state index contributed by atoms with van der Waals surface area (Å²) in [5.74, 6) is 0.600. The third-order valence-electron chi connectivity index (χ3n) is 2.30. The number of halogens is 1. The summed E-state index contributed by atoms with van der Waals surface area (Å²) in [7, 11) is 1.55. The number of hydrogen-bond acceptors (Lipinski definition) is 3. The van der Waals surface area contributed by atoms with Gasteiger partial charge in [-0.05, 0) is 31.5 Å². The van der Waals surface area contributed by atoms with Crippen LogP contribution in [0.1, 0.15) is 25.5 Å². The van der Waals surface area contributed by atoms with Crippen LogP contribution < -0.4 is 10.5 Å². The number of methoxy groups -OCH3 is 1. The zero-order valence-electron chi connectivity index (χ0n) is 9.12. The molecule has 0 aromatic heterocycles. The highest BCUT2D eigenvalue weighted by Crippen LogP contribution is 2.30. The van der Waals surface area contributed by atoms with Gasteiger partial charge in [-0.25, -0.2) is 0 Å². The van der Waals surface area contributed by atoms with E-state index >= 15 is 0 Å². The van der Waals surface area contributed by atoms with Gasteiger partial charge in [0, 0.05) is 0 Å². The molecule has 0 spiro atoms. The highest BCUT2D eigenvalue weighted by Gasteiger charge is 2.24. The van der Waals surface area contributed by atoms with E-state index in [1.807, 2.05) is 0 Å². The van der Waals surface area contributed by atoms with Crippen LogP contribution in [-0.2, 0) is 0 Å². The topological polar surface area (TPSA) is 55.5 Å². The Labute approximate surface area is 94.8 Å². The quantitative estimate of drug-likeness (QED) is 0.835. The van der Waals surface area contributed by atoms with Gasteiger partial charge in [0.1, 0.15) is 5.75 Å². The van der Waals surface area contributed by atoms with Crippen LogP contribution in [0.25, 0.3) is 0 Å². The largest absolute Gasteiger partial charge is 0.495 e. The molecule has 0 aliphatic carbocycles. The van der Waals surface area contributed by atoms with Gasteiger partial charge in [-0.3, -0.25) is 0 Å². The molecule has 0 bridgehead atoms. The fourth-order valence-corrected chi connectivity index (χ4v) is 1.55. The molecule has 1 atom stereocenters. The van der Waals surface area contributed by atoms with Crippen molar-refractivity contribution in [3.05, 3.63) is 28.8 Å². The lowest BCUT2D eigenvalue weighted by Crippen LogP contribution is -2.35. The molecule has 4 heteroatoms. The van der Waals surface area contributed by atoms with Gasteiger partial charge in [0.2, 0.25) is 0 Å². The summed E-state index contributed by atoms with van der Waals surface area (Å²) in [6.45, 7) is 3.33. The molecule has 0 aliphatic heterocycles. The molecule has 0 amide bonds. The third kappa shape index (κ3) is 2.84. The molecule has 1 rings (SSSR count). The Morgan fingerprint density at radius 3 is 2.47 bits per heavy atom. The van der Waals surface area contributed by atoms with Gasteiger partial charge in [-0.15, -0.1) is 0 Å². The van der Waals surface area contributed by atoms with Crippen LogP contribution in [-0.4, -0.2) is 17.8 Å². The Balaban J connectivity index is 3.02. The molecule has 0 radical (unpaired) electrons. The van der Waals surface area contributed by atoms with Crippen LogP contribution in [0.3, 0.4) is 0 Å². The van der Waals surface area contributed by atoms with E-state index in [1.165, 1.54) is 0 Å². The minimum Gasteiger partial charge on any atom is -0.495 e. The molecule has 15 heavy (non-hydrogen) atoms. The van der Waals surface area contributed by atoms with Gasteiger partial charge < -0.3 is 15.6 Å². The lowest BCUT2D eigenvalue weighted by Gasteiger charge is -2.26. The highest BCUT2D eigenvalue weighted by molar-refractivity contribution is 6.32.